The predicted molar refractivity (Wildman–Crippen MR) is 66.6 cm³/mol. The normalized spacial score (nSPS) is 12.6. The molecule has 5 heteroatoms. The Labute approximate surface area is 98.3 Å². The Balaban J connectivity index is 2.23. The number of hydrogen-bond donors (Lipinski definition) is 2. The van der Waals surface area contributed by atoms with E-state index in [1.807, 2.05) is 35.2 Å². The molecule has 0 aliphatic rings. The molecule has 2 rings (SSSR count). The summed E-state index contributed by atoms with van der Waals surface area (Å²) in [4.78, 5) is 5.47. The first-order valence-electron chi connectivity index (χ1n) is 5.07. The first kappa shape index (κ1) is 10.9. The standard InChI is InChI=1S/C11H14N4S/c1-8(10(12)13)7-15-5-4-14-11(15)9-3-2-6-16-9/h2-6,8H,7H2,1H3,(H3,12,13). The van der Waals surface area contributed by atoms with Crippen molar-refractivity contribution < 1.29 is 0 Å². The van der Waals surface area contributed by atoms with E-state index in [2.05, 4.69) is 4.98 Å². The number of imidazole rings is 1. The Hall–Kier alpha value is -1.62. The molecule has 3 N–H and O–H groups in total. The molecule has 4 nitrogen and oxygen atoms in total. The topological polar surface area (TPSA) is 67.7 Å². The zero-order valence-electron chi connectivity index (χ0n) is 9.05. The minimum Gasteiger partial charge on any atom is -0.387 e. The molecule has 2 heterocycles. The SMILES string of the molecule is CC(Cn1ccnc1-c1cccs1)C(=N)N. The van der Waals surface area contributed by atoms with Gasteiger partial charge in [-0.2, -0.15) is 0 Å². The van der Waals surface area contributed by atoms with Crippen LogP contribution in [0, 0.1) is 11.3 Å². The van der Waals surface area contributed by atoms with Gasteiger partial charge in [-0.1, -0.05) is 13.0 Å². The van der Waals surface area contributed by atoms with E-state index in [0.717, 1.165) is 10.7 Å². The molecule has 1 unspecified atom stereocenters. The minimum atomic E-state index is 0.0351. The van der Waals surface area contributed by atoms with Gasteiger partial charge in [0.1, 0.15) is 5.82 Å². The van der Waals surface area contributed by atoms with Crippen molar-refractivity contribution in [3.8, 4) is 10.7 Å². The Morgan fingerprint density at radius 2 is 2.50 bits per heavy atom. The van der Waals surface area contributed by atoms with Gasteiger partial charge in [-0.25, -0.2) is 4.98 Å². The molecule has 0 aliphatic carbocycles. The summed E-state index contributed by atoms with van der Waals surface area (Å²) in [6.45, 7) is 2.64. The molecule has 0 aliphatic heterocycles. The van der Waals surface area contributed by atoms with E-state index in [-0.39, 0.29) is 11.8 Å². The van der Waals surface area contributed by atoms with Crippen molar-refractivity contribution in [2.75, 3.05) is 0 Å². The number of rotatable bonds is 4. The van der Waals surface area contributed by atoms with Crippen LogP contribution in [0.2, 0.25) is 0 Å². The summed E-state index contributed by atoms with van der Waals surface area (Å²) in [5.74, 6) is 1.20. The average Bonchev–Trinajstić information content (AvgIpc) is 2.85. The van der Waals surface area contributed by atoms with Crippen LogP contribution < -0.4 is 5.73 Å². The van der Waals surface area contributed by atoms with Crippen molar-refractivity contribution in [3.63, 3.8) is 0 Å². The summed E-state index contributed by atoms with van der Waals surface area (Å²) >= 11 is 1.66. The monoisotopic (exact) mass is 234 g/mol. The molecule has 84 valence electrons. The lowest BCUT2D eigenvalue weighted by Crippen LogP contribution is -2.24. The molecular formula is C11H14N4S. The molecule has 0 fully saturated rings. The van der Waals surface area contributed by atoms with Gasteiger partial charge < -0.3 is 10.3 Å². The van der Waals surface area contributed by atoms with Gasteiger partial charge in [-0.15, -0.1) is 11.3 Å². The highest BCUT2D eigenvalue weighted by molar-refractivity contribution is 7.13. The molecule has 0 spiro atoms. The van der Waals surface area contributed by atoms with Crippen molar-refractivity contribution in [1.82, 2.24) is 9.55 Å². The van der Waals surface area contributed by atoms with E-state index in [1.165, 1.54) is 0 Å². The lowest BCUT2D eigenvalue weighted by atomic mass is 10.1. The summed E-state index contributed by atoms with van der Waals surface area (Å²) in [5, 5.41) is 9.43. The second-order valence-corrected chi connectivity index (χ2v) is 4.68. The van der Waals surface area contributed by atoms with Crippen molar-refractivity contribution in [2.45, 2.75) is 13.5 Å². The maximum Gasteiger partial charge on any atom is 0.150 e. The van der Waals surface area contributed by atoms with Gasteiger partial charge in [0.15, 0.2) is 0 Å². The van der Waals surface area contributed by atoms with Crippen LogP contribution in [0.3, 0.4) is 0 Å². The van der Waals surface area contributed by atoms with E-state index >= 15 is 0 Å². The molecule has 2 aromatic heterocycles. The van der Waals surface area contributed by atoms with Gasteiger partial charge in [0, 0.05) is 24.9 Å². The molecule has 0 saturated heterocycles. The Kier molecular flexibility index (Phi) is 3.05. The molecule has 16 heavy (non-hydrogen) atoms. The second-order valence-electron chi connectivity index (χ2n) is 3.74. The Morgan fingerprint density at radius 3 is 3.12 bits per heavy atom. The minimum absolute atomic E-state index is 0.0351. The maximum atomic E-state index is 7.39. The summed E-state index contributed by atoms with van der Waals surface area (Å²) in [7, 11) is 0. The van der Waals surface area contributed by atoms with Crippen LogP contribution in [-0.4, -0.2) is 15.4 Å². The van der Waals surface area contributed by atoms with Gasteiger partial charge in [0.25, 0.3) is 0 Å². The summed E-state index contributed by atoms with van der Waals surface area (Å²) in [6.07, 6.45) is 3.70. The predicted octanol–water partition coefficient (Wildman–Crippen LogP) is 2.18. The first-order valence-corrected chi connectivity index (χ1v) is 5.95. The van der Waals surface area contributed by atoms with Crippen molar-refractivity contribution >= 4 is 17.2 Å². The third-order valence-corrected chi connectivity index (χ3v) is 3.32. The number of amidine groups is 1. The van der Waals surface area contributed by atoms with Crippen LogP contribution in [0.4, 0.5) is 0 Å². The lowest BCUT2D eigenvalue weighted by Gasteiger charge is -2.12. The summed E-state index contributed by atoms with van der Waals surface area (Å²) < 4.78 is 2.04. The van der Waals surface area contributed by atoms with E-state index in [0.29, 0.717) is 6.54 Å². The fourth-order valence-corrected chi connectivity index (χ4v) is 2.22. The smallest absolute Gasteiger partial charge is 0.150 e. The Bertz CT molecular complexity index is 472. The maximum absolute atomic E-state index is 7.39. The highest BCUT2D eigenvalue weighted by Gasteiger charge is 2.11. The quantitative estimate of drug-likeness (QED) is 0.629. The molecule has 0 bridgehead atoms. The molecule has 0 aromatic carbocycles. The number of nitrogens with zero attached hydrogens (tertiary/aromatic N) is 2. The largest absolute Gasteiger partial charge is 0.387 e. The summed E-state index contributed by atoms with van der Waals surface area (Å²) in [5.41, 5.74) is 5.47. The highest BCUT2D eigenvalue weighted by Crippen LogP contribution is 2.23. The zero-order valence-corrected chi connectivity index (χ0v) is 9.87. The van der Waals surface area contributed by atoms with Crippen molar-refractivity contribution in [2.24, 2.45) is 11.7 Å². The van der Waals surface area contributed by atoms with Crippen molar-refractivity contribution in [1.29, 1.82) is 5.41 Å². The highest BCUT2D eigenvalue weighted by atomic mass is 32.1. The van der Waals surface area contributed by atoms with E-state index in [1.54, 1.807) is 17.5 Å². The lowest BCUT2D eigenvalue weighted by molar-refractivity contribution is 0.596. The fraction of sp³-hybridized carbons (Fsp3) is 0.273. The molecule has 0 saturated carbocycles. The van der Waals surface area contributed by atoms with Crippen LogP contribution in [0.5, 0.6) is 0 Å². The second kappa shape index (κ2) is 4.49. The molecule has 2 aromatic rings. The van der Waals surface area contributed by atoms with Crippen LogP contribution >= 0.6 is 11.3 Å². The number of nitrogens with one attached hydrogen (secondary N) is 1. The Morgan fingerprint density at radius 1 is 1.69 bits per heavy atom. The summed E-state index contributed by atoms with van der Waals surface area (Å²) in [6, 6.07) is 4.05. The average molecular weight is 234 g/mol. The number of hydrogen-bond acceptors (Lipinski definition) is 3. The molecule has 0 radical (unpaired) electrons. The van der Waals surface area contributed by atoms with Crippen LogP contribution in [0.25, 0.3) is 10.7 Å². The molecule has 0 amide bonds. The van der Waals surface area contributed by atoms with Gasteiger partial charge >= 0.3 is 0 Å². The van der Waals surface area contributed by atoms with Crippen molar-refractivity contribution in [3.05, 3.63) is 29.9 Å². The fourth-order valence-electron chi connectivity index (χ4n) is 1.48. The number of nitrogens with two attached hydrogens (primary N) is 1. The van der Waals surface area contributed by atoms with Crippen LogP contribution in [0.1, 0.15) is 6.92 Å². The van der Waals surface area contributed by atoms with Crippen LogP contribution in [0.15, 0.2) is 29.9 Å². The van der Waals surface area contributed by atoms with Crippen LogP contribution in [-0.2, 0) is 6.54 Å². The first-order chi connectivity index (χ1) is 7.68. The van der Waals surface area contributed by atoms with Gasteiger partial charge in [-0.05, 0) is 11.4 Å². The number of thiophene rings is 1. The van der Waals surface area contributed by atoms with E-state index in [4.69, 9.17) is 11.1 Å². The van der Waals surface area contributed by atoms with E-state index in [9.17, 15) is 0 Å². The van der Waals surface area contributed by atoms with Gasteiger partial charge in [-0.3, -0.25) is 5.41 Å². The molecule has 1 atom stereocenters. The molecular weight excluding hydrogens is 220 g/mol. The third kappa shape index (κ3) is 2.14. The van der Waals surface area contributed by atoms with Gasteiger partial charge in [0.05, 0.1) is 10.7 Å². The zero-order chi connectivity index (χ0) is 11.5. The van der Waals surface area contributed by atoms with E-state index < -0.39 is 0 Å². The number of aromatic nitrogens is 2. The van der Waals surface area contributed by atoms with Gasteiger partial charge in [0.2, 0.25) is 0 Å². The third-order valence-electron chi connectivity index (χ3n) is 2.46.